The Kier molecular flexibility index (Phi) is 4.79. The van der Waals surface area contributed by atoms with Gasteiger partial charge in [0, 0.05) is 12.2 Å². The maximum atomic E-state index is 11.6. The van der Waals surface area contributed by atoms with Crippen molar-refractivity contribution in [2.45, 2.75) is 26.8 Å². The van der Waals surface area contributed by atoms with E-state index in [2.05, 4.69) is 25.8 Å². The molecule has 0 fully saturated rings. The van der Waals surface area contributed by atoms with Crippen LogP contribution in [-0.4, -0.2) is 15.5 Å². The van der Waals surface area contributed by atoms with Crippen molar-refractivity contribution in [3.63, 3.8) is 0 Å². The second-order valence-corrected chi connectivity index (χ2v) is 4.17. The van der Waals surface area contributed by atoms with Crippen LogP contribution < -0.4 is 17.1 Å². The molecule has 1 aromatic rings. The minimum absolute atomic E-state index is 0.0299. The number of hydrogen-bond donors (Lipinski definition) is 2. The highest BCUT2D eigenvalue weighted by molar-refractivity contribution is 9.10. The summed E-state index contributed by atoms with van der Waals surface area (Å²) < 4.78 is 2.15. The Morgan fingerprint density at radius 1 is 1.59 bits per heavy atom. The zero-order valence-corrected chi connectivity index (χ0v) is 11.1. The number of aromatic nitrogens is 2. The van der Waals surface area contributed by atoms with E-state index in [0.717, 1.165) is 10.2 Å². The first-order chi connectivity index (χ1) is 7.97. The second kappa shape index (κ2) is 5.89. The van der Waals surface area contributed by atoms with Gasteiger partial charge in [0.25, 0.3) is 0 Å². The van der Waals surface area contributed by atoms with Crippen molar-refractivity contribution < 1.29 is 9.63 Å². The van der Waals surface area contributed by atoms with Crippen LogP contribution in [0.25, 0.3) is 0 Å². The highest BCUT2D eigenvalue weighted by atomic mass is 79.9. The Labute approximate surface area is 106 Å². The van der Waals surface area contributed by atoms with Crippen molar-refractivity contribution in [2.75, 3.05) is 0 Å². The van der Waals surface area contributed by atoms with Gasteiger partial charge in [0.1, 0.15) is 0 Å². The third kappa shape index (κ3) is 3.35. The predicted molar refractivity (Wildman–Crippen MR) is 63.7 cm³/mol. The molecule has 0 spiro atoms. The number of halogens is 1. The fraction of sp³-hybridized carbons (Fsp3) is 0.444. The Morgan fingerprint density at radius 2 is 2.24 bits per heavy atom. The van der Waals surface area contributed by atoms with E-state index in [0.29, 0.717) is 5.69 Å². The molecule has 0 atom stereocenters. The molecule has 0 saturated heterocycles. The van der Waals surface area contributed by atoms with E-state index in [-0.39, 0.29) is 13.0 Å². The van der Waals surface area contributed by atoms with E-state index < -0.39 is 11.7 Å². The van der Waals surface area contributed by atoms with E-state index in [4.69, 9.17) is 5.84 Å². The van der Waals surface area contributed by atoms with E-state index in [9.17, 15) is 9.59 Å². The molecule has 0 saturated carbocycles. The summed E-state index contributed by atoms with van der Waals surface area (Å²) in [6, 6.07) is 0. The van der Waals surface area contributed by atoms with Crippen LogP contribution in [-0.2, 0) is 16.2 Å². The predicted octanol–water partition coefficient (Wildman–Crippen LogP) is -0.0658. The molecule has 1 heterocycles. The first-order valence-electron chi connectivity index (χ1n) is 4.86. The molecular weight excluding hydrogens is 292 g/mol. The summed E-state index contributed by atoms with van der Waals surface area (Å²) in [5.41, 5.74) is 2.74. The molecule has 17 heavy (non-hydrogen) atoms. The molecule has 0 amide bonds. The number of nitrogens with zero attached hydrogens (tertiary/aromatic N) is 2. The van der Waals surface area contributed by atoms with E-state index in [1.807, 2.05) is 0 Å². The van der Waals surface area contributed by atoms with Gasteiger partial charge >= 0.3 is 11.7 Å². The number of carbonyl (C=O) groups is 1. The molecule has 0 aliphatic heterocycles. The fourth-order valence-electron chi connectivity index (χ4n) is 1.36. The van der Waals surface area contributed by atoms with Crippen LogP contribution in [0.1, 0.15) is 17.8 Å². The van der Waals surface area contributed by atoms with Gasteiger partial charge in [-0.1, -0.05) is 5.59 Å². The summed E-state index contributed by atoms with van der Waals surface area (Å²) >= 11 is 3.33. The van der Waals surface area contributed by atoms with Crippen molar-refractivity contribution in [1.82, 2.24) is 15.1 Å². The molecule has 7 nitrogen and oxygen atoms in total. The van der Waals surface area contributed by atoms with Gasteiger partial charge in [-0.2, -0.15) is 4.98 Å². The molecule has 1 rings (SSSR count). The maximum absolute atomic E-state index is 11.6. The number of hydrogen-bond acceptors (Lipinski definition) is 6. The van der Waals surface area contributed by atoms with E-state index in [1.54, 1.807) is 19.4 Å². The number of nitrogens with one attached hydrogen (secondary N) is 1. The van der Waals surface area contributed by atoms with Crippen LogP contribution in [0.15, 0.2) is 9.27 Å². The smallest absolute Gasteiger partial charge is 0.348 e. The van der Waals surface area contributed by atoms with Crippen molar-refractivity contribution in [2.24, 2.45) is 5.84 Å². The van der Waals surface area contributed by atoms with Crippen LogP contribution in [0.4, 0.5) is 0 Å². The van der Waals surface area contributed by atoms with Crippen LogP contribution in [0.3, 0.4) is 0 Å². The molecule has 0 bridgehead atoms. The number of nitrogens with two attached hydrogens (primary N) is 1. The van der Waals surface area contributed by atoms with Gasteiger partial charge in [-0.25, -0.2) is 10.6 Å². The zero-order valence-electron chi connectivity index (χ0n) is 9.49. The summed E-state index contributed by atoms with van der Waals surface area (Å²) in [5, 5.41) is 0. The number of hydrazine groups is 1. The highest BCUT2D eigenvalue weighted by Gasteiger charge is 2.11. The van der Waals surface area contributed by atoms with Gasteiger partial charge < -0.3 is 4.84 Å². The van der Waals surface area contributed by atoms with Gasteiger partial charge in [0.2, 0.25) is 0 Å². The van der Waals surface area contributed by atoms with Gasteiger partial charge in [-0.05, 0) is 29.8 Å². The van der Waals surface area contributed by atoms with Crippen molar-refractivity contribution in [3.8, 4) is 0 Å². The molecule has 0 aliphatic carbocycles. The SMILES string of the molecule is Cc1nc(=O)n(CCC(=O)ONN)c(C)c1Br. The lowest BCUT2D eigenvalue weighted by Gasteiger charge is -2.11. The van der Waals surface area contributed by atoms with Crippen LogP contribution in [0.2, 0.25) is 0 Å². The molecule has 94 valence electrons. The van der Waals surface area contributed by atoms with E-state index >= 15 is 0 Å². The number of aryl methyl sites for hydroxylation is 1. The standard InChI is InChI=1S/C9H13BrN4O3/c1-5-8(10)6(2)14(9(16)12-5)4-3-7(15)17-13-11/h13H,3-4,11H2,1-2H3. The summed E-state index contributed by atoms with van der Waals surface area (Å²) in [4.78, 5) is 30.9. The van der Waals surface area contributed by atoms with Crippen molar-refractivity contribution >= 4 is 21.9 Å². The average molecular weight is 305 g/mol. The molecule has 0 aromatic carbocycles. The fourth-order valence-corrected chi connectivity index (χ4v) is 1.66. The molecular formula is C9H13BrN4O3. The molecule has 8 heteroatoms. The Morgan fingerprint density at radius 3 is 2.82 bits per heavy atom. The molecule has 0 unspecified atom stereocenters. The van der Waals surface area contributed by atoms with Crippen molar-refractivity contribution in [3.05, 3.63) is 26.3 Å². The second-order valence-electron chi connectivity index (χ2n) is 3.37. The number of rotatable bonds is 4. The third-order valence-corrected chi connectivity index (χ3v) is 3.39. The lowest BCUT2D eigenvalue weighted by molar-refractivity contribution is -0.151. The normalized spacial score (nSPS) is 10.4. The van der Waals surface area contributed by atoms with Gasteiger partial charge in [-0.3, -0.25) is 9.36 Å². The number of carbonyl (C=O) groups excluding carboxylic acids is 1. The van der Waals surface area contributed by atoms with Gasteiger partial charge in [-0.15, -0.1) is 0 Å². The Hall–Kier alpha value is -1.25. The maximum Gasteiger partial charge on any atom is 0.348 e. The topological polar surface area (TPSA) is 99.2 Å². The summed E-state index contributed by atoms with van der Waals surface area (Å²) in [6.45, 7) is 3.69. The highest BCUT2D eigenvalue weighted by Crippen LogP contribution is 2.16. The average Bonchev–Trinajstić information content (AvgIpc) is 2.26. The lowest BCUT2D eigenvalue weighted by atomic mass is 10.3. The van der Waals surface area contributed by atoms with E-state index in [1.165, 1.54) is 4.57 Å². The lowest BCUT2D eigenvalue weighted by Crippen LogP contribution is -2.30. The van der Waals surface area contributed by atoms with Crippen LogP contribution in [0.5, 0.6) is 0 Å². The van der Waals surface area contributed by atoms with Gasteiger partial charge in [0.05, 0.1) is 16.6 Å². The molecule has 1 aromatic heterocycles. The minimum Gasteiger partial charge on any atom is -0.356 e. The zero-order chi connectivity index (χ0) is 13.0. The molecule has 3 N–H and O–H groups in total. The summed E-state index contributed by atoms with van der Waals surface area (Å²) in [5.74, 6) is 4.27. The van der Waals surface area contributed by atoms with Crippen LogP contribution in [0, 0.1) is 13.8 Å². The Bertz CT molecular complexity index is 486. The summed E-state index contributed by atoms with van der Waals surface area (Å²) in [7, 11) is 0. The monoisotopic (exact) mass is 304 g/mol. The molecule has 0 aliphatic rings. The van der Waals surface area contributed by atoms with Crippen LogP contribution >= 0.6 is 15.9 Å². The van der Waals surface area contributed by atoms with Gasteiger partial charge in [0.15, 0.2) is 0 Å². The van der Waals surface area contributed by atoms with Crippen molar-refractivity contribution in [1.29, 1.82) is 0 Å². The minimum atomic E-state index is -0.546. The first-order valence-corrected chi connectivity index (χ1v) is 5.65. The quantitative estimate of drug-likeness (QED) is 0.597. The summed E-state index contributed by atoms with van der Waals surface area (Å²) in [6.07, 6.45) is 0.0299. The Balaban J connectivity index is 2.89. The first kappa shape index (κ1) is 13.8. The third-order valence-electron chi connectivity index (χ3n) is 2.25. The molecule has 0 radical (unpaired) electrons. The largest absolute Gasteiger partial charge is 0.356 e.